The molecule has 3 rings (SSSR count). The number of aliphatic imine (C=N–C) groups is 1. The topological polar surface area (TPSA) is 48.9 Å². The van der Waals surface area contributed by atoms with Crippen LogP contribution in [0.2, 0.25) is 0 Å². The predicted octanol–water partition coefficient (Wildman–Crippen LogP) is 2.61. The van der Waals surface area contributed by atoms with Gasteiger partial charge in [0.15, 0.2) is 5.96 Å². The third kappa shape index (κ3) is 6.80. The number of nitrogens with zero attached hydrogens (tertiary/aromatic N) is 2. The molecule has 1 unspecified atom stereocenters. The summed E-state index contributed by atoms with van der Waals surface area (Å²) in [5, 5.41) is 6.90. The Morgan fingerprint density at radius 2 is 2.00 bits per heavy atom. The highest BCUT2D eigenvalue weighted by molar-refractivity contribution is 14.0. The van der Waals surface area contributed by atoms with E-state index in [2.05, 4.69) is 64.6 Å². The molecular weight excluding hydrogens is 471 g/mol. The molecule has 1 aromatic carbocycles. The first kappa shape index (κ1) is 22.8. The van der Waals surface area contributed by atoms with Crippen molar-refractivity contribution in [1.29, 1.82) is 0 Å². The third-order valence-corrected chi connectivity index (χ3v) is 6.42. The molecule has 0 radical (unpaired) electrons. The summed E-state index contributed by atoms with van der Waals surface area (Å²) in [6, 6.07) is 10.6. The fourth-order valence-corrected chi connectivity index (χ4v) is 5.11. The van der Waals surface area contributed by atoms with Gasteiger partial charge in [-0.15, -0.1) is 24.0 Å². The number of guanidine groups is 1. The van der Waals surface area contributed by atoms with E-state index in [9.17, 15) is 0 Å². The smallest absolute Gasteiger partial charge is 0.191 e. The Hall–Kier alpha value is -0.510. The normalized spacial score (nSPS) is 23.7. The van der Waals surface area contributed by atoms with Crippen LogP contribution in [0, 0.1) is 0 Å². The largest absolute Gasteiger partial charge is 0.379 e. The van der Waals surface area contributed by atoms with E-state index in [1.54, 1.807) is 0 Å². The second kappa shape index (κ2) is 12.1. The lowest BCUT2D eigenvalue weighted by atomic mass is 9.96. The molecule has 0 aromatic heterocycles. The predicted molar refractivity (Wildman–Crippen MR) is 127 cm³/mol. The van der Waals surface area contributed by atoms with Gasteiger partial charge in [-0.1, -0.05) is 30.3 Å². The van der Waals surface area contributed by atoms with Gasteiger partial charge in [0, 0.05) is 31.9 Å². The minimum atomic E-state index is 0. The molecule has 27 heavy (non-hydrogen) atoms. The van der Waals surface area contributed by atoms with Crippen molar-refractivity contribution in [2.75, 3.05) is 57.4 Å². The molecule has 2 saturated heterocycles. The number of thioether (sulfide) groups is 1. The van der Waals surface area contributed by atoms with Crippen LogP contribution < -0.4 is 10.6 Å². The first-order chi connectivity index (χ1) is 12.8. The number of hydrogen-bond donors (Lipinski definition) is 2. The van der Waals surface area contributed by atoms with Crippen molar-refractivity contribution < 1.29 is 4.74 Å². The average molecular weight is 504 g/mol. The van der Waals surface area contributed by atoms with E-state index in [1.807, 2.05) is 0 Å². The maximum Gasteiger partial charge on any atom is 0.191 e. The monoisotopic (exact) mass is 504 g/mol. The summed E-state index contributed by atoms with van der Waals surface area (Å²) in [5.41, 5.74) is 1.56. The molecule has 2 heterocycles. The van der Waals surface area contributed by atoms with Crippen molar-refractivity contribution in [2.45, 2.75) is 25.3 Å². The van der Waals surface area contributed by atoms with Gasteiger partial charge >= 0.3 is 0 Å². The highest BCUT2D eigenvalue weighted by atomic mass is 127. The minimum absolute atomic E-state index is 0. The zero-order valence-corrected chi connectivity index (χ0v) is 19.4. The summed E-state index contributed by atoms with van der Waals surface area (Å²) >= 11 is 2.06. The van der Waals surface area contributed by atoms with Crippen molar-refractivity contribution in [3.8, 4) is 0 Å². The van der Waals surface area contributed by atoms with Gasteiger partial charge in [-0.05, 0) is 31.1 Å². The lowest BCUT2D eigenvalue weighted by molar-refractivity contribution is -0.0104. The first-order valence-electron chi connectivity index (χ1n) is 9.79. The molecule has 0 saturated carbocycles. The lowest BCUT2D eigenvalue weighted by Gasteiger charge is -2.42. The molecule has 0 spiro atoms. The Morgan fingerprint density at radius 3 is 2.67 bits per heavy atom. The Labute approximate surface area is 185 Å². The number of morpholine rings is 1. The summed E-state index contributed by atoms with van der Waals surface area (Å²) < 4.78 is 5.55. The fraction of sp³-hybridized carbons (Fsp3) is 0.650. The van der Waals surface area contributed by atoms with Gasteiger partial charge < -0.3 is 15.4 Å². The quantitative estimate of drug-likeness (QED) is 0.340. The molecule has 1 aromatic rings. The van der Waals surface area contributed by atoms with Gasteiger partial charge in [0.2, 0.25) is 0 Å². The van der Waals surface area contributed by atoms with Crippen LogP contribution in [-0.2, 0) is 11.2 Å². The molecule has 0 aliphatic carbocycles. The molecule has 0 bridgehead atoms. The Kier molecular flexibility index (Phi) is 10.2. The number of benzene rings is 1. The third-order valence-electron chi connectivity index (χ3n) is 5.19. The number of ether oxygens (including phenoxy) is 1. The summed E-state index contributed by atoms with van der Waals surface area (Å²) in [6.07, 6.45) is 2.24. The van der Waals surface area contributed by atoms with Crippen molar-refractivity contribution >= 4 is 41.7 Å². The van der Waals surface area contributed by atoms with Gasteiger partial charge in [0.1, 0.15) is 0 Å². The second-order valence-electron chi connectivity index (χ2n) is 6.98. The van der Waals surface area contributed by atoms with Crippen LogP contribution in [0.25, 0.3) is 0 Å². The highest BCUT2D eigenvalue weighted by Crippen LogP contribution is 2.34. The van der Waals surface area contributed by atoms with Crippen LogP contribution in [0.5, 0.6) is 0 Å². The van der Waals surface area contributed by atoms with Crippen LogP contribution in [0.4, 0.5) is 0 Å². The van der Waals surface area contributed by atoms with Crippen LogP contribution in [0.1, 0.15) is 18.9 Å². The van der Waals surface area contributed by atoms with Crippen molar-refractivity contribution in [3.05, 3.63) is 35.9 Å². The molecule has 1 atom stereocenters. The van der Waals surface area contributed by atoms with Gasteiger partial charge in [-0.2, -0.15) is 11.8 Å². The second-order valence-corrected chi connectivity index (χ2v) is 8.09. The standard InChI is InChI=1S/C20H32N4OS.HI/c1-2-21-19(22-10-8-18-6-4-3-5-7-18)23-16-20(9-15-26-17-20)24-11-13-25-14-12-24;/h3-7H,2,8-17H2,1H3,(H2,21,22,23);1H. The van der Waals surface area contributed by atoms with E-state index >= 15 is 0 Å². The van der Waals surface area contributed by atoms with Crippen LogP contribution in [0.3, 0.4) is 0 Å². The molecule has 7 heteroatoms. The maximum atomic E-state index is 5.55. The van der Waals surface area contributed by atoms with Crippen LogP contribution >= 0.6 is 35.7 Å². The van der Waals surface area contributed by atoms with E-state index in [-0.39, 0.29) is 29.5 Å². The Bertz CT molecular complexity index is 560. The number of halogens is 1. The summed E-state index contributed by atoms with van der Waals surface area (Å²) in [6.45, 7) is 8.54. The Morgan fingerprint density at radius 1 is 1.22 bits per heavy atom. The number of hydrogen-bond acceptors (Lipinski definition) is 4. The van der Waals surface area contributed by atoms with E-state index < -0.39 is 0 Å². The summed E-state index contributed by atoms with van der Waals surface area (Å²) in [5.74, 6) is 3.36. The van der Waals surface area contributed by atoms with Crippen molar-refractivity contribution in [3.63, 3.8) is 0 Å². The highest BCUT2D eigenvalue weighted by Gasteiger charge is 2.40. The van der Waals surface area contributed by atoms with Gasteiger partial charge in [-0.3, -0.25) is 9.89 Å². The minimum Gasteiger partial charge on any atom is -0.379 e. The van der Waals surface area contributed by atoms with Crippen molar-refractivity contribution in [1.82, 2.24) is 15.5 Å². The number of nitrogens with one attached hydrogen (secondary N) is 2. The van der Waals surface area contributed by atoms with Gasteiger partial charge in [-0.25, -0.2) is 0 Å². The fourth-order valence-electron chi connectivity index (χ4n) is 3.65. The zero-order valence-electron chi connectivity index (χ0n) is 16.3. The van der Waals surface area contributed by atoms with Crippen LogP contribution in [0.15, 0.2) is 35.3 Å². The van der Waals surface area contributed by atoms with E-state index in [1.165, 1.54) is 23.5 Å². The molecule has 2 N–H and O–H groups in total. The molecule has 152 valence electrons. The van der Waals surface area contributed by atoms with Crippen molar-refractivity contribution in [2.24, 2.45) is 4.99 Å². The molecule has 0 amide bonds. The SMILES string of the molecule is CCNC(=NCC1(N2CCOCC2)CCSC1)NCCc1ccccc1.I. The zero-order chi connectivity index (χ0) is 18.1. The van der Waals surface area contributed by atoms with Gasteiger partial charge in [0.05, 0.1) is 25.3 Å². The molecule has 2 fully saturated rings. The van der Waals surface area contributed by atoms with Gasteiger partial charge in [0.25, 0.3) is 0 Å². The summed E-state index contributed by atoms with van der Waals surface area (Å²) in [4.78, 5) is 7.59. The Balaban J connectivity index is 0.00000261. The average Bonchev–Trinajstić information content (AvgIpc) is 3.18. The van der Waals surface area contributed by atoms with Crippen LogP contribution in [-0.4, -0.2) is 73.8 Å². The molecular formula is C20H33IN4OS. The van der Waals surface area contributed by atoms with E-state index in [0.717, 1.165) is 58.3 Å². The maximum absolute atomic E-state index is 5.55. The van der Waals surface area contributed by atoms with E-state index in [0.29, 0.717) is 0 Å². The molecule has 2 aliphatic heterocycles. The summed E-state index contributed by atoms with van der Waals surface area (Å²) in [7, 11) is 0. The first-order valence-corrected chi connectivity index (χ1v) is 10.9. The van der Waals surface area contributed by atoms with E-state index in [4.69, 9.17) is 9.73 Å². The molecule has 2 aliphatic rings. The number of rotatable bonds is 7. The molecule has 5 nitrogen and oxygen atoms in total. The lowest BCUT2D eigenvalue weighted by Crippen LogP contribution is -2.56.